The molecule has 0 unspecified atom stereocenters. The van der Waals surface area contributed by atoms with E-state index in [1.807, 2.05) is 0 Å². The maximum Gasteiger partial charge on any atom is 0.357 e. The van der Waals surface area contributed by atoms with E-state index in [1.54, 1.807) is 22.6 Å². The Morgan fingerprint density at radius 2 is 2.25 bits per heavy atom. The molecule has 0 aliphatic heterocycles. The smallest absolute Gasteiger partial charge is 0.357 e. The van der Waals surface area contributed by atoms with Crippen molar-refractivity contribution in [2.75, 3.05) is 0 Å². The molecule has 0 bridgehead atoms. The third kappa shape index (κ3) is 1.67. The van der Waals surface area contributed by atoms with Gasteiger partial charge in [0, 0.05) is 0 Å². The highest BCUT2D eigenvalue weighted by Gasteiger charge is 2.16. The third-order valence-electron chi connectivity index (χ3n) is 1.10. The summed E-state index contributed by atoms with van der Waals surface area (Å²) in [6.45, 7) is 0. The topological polar surface area (TPSA) is 52.2 Å². The van der Waals surface area contributed by atoms with Gasteiger partial charge in [0.1, 0.15) is 3.57 Å². The molecule has 0 saturated heterocycles. The van der Waals surface area contributed by atoms with Crippen LogP contribution in [0, 0.1) is 3.57 Å². The average Bonchev–Trinajstić information content (AvgIpc) is 2.30. The zero-order valence-electron chi connectivity index (χ0n) is 5.51. The average molecular weight is 322 g/mol. The summed E-state index contributed by atoms with van der Waals surface area (Å²) < 4.78 is 5.47. The van der Waals surface area contributed by atoms with Crippen LogP contribution in [0.2, 0.25) is 0 Å². The van der Waals surface area contributed by atoms with E-state index in [0.29, 0.717) is 4.74 Å². The van der Waals surface area contributed by atoms with Crippen LogP contribution in [0.5, 0.6) is 0 Å². The van der Waals surface area contributed by atoms with Gasteiger partial charge in [0.25, 0.3) is 0 Å². The van der Waals surface area contributed by atoms with Crippen molar-refractivity contribution in [2.24, 2.45) is 0 Å². The monoisotopic (exact) mass is 321 g/mol. The number of alkyl halides is 1. The van der Waals surface area contributed by atoms with E-state index in [4.69, 9.17) is 27.7 Å². The molecule has 4 nitrogen and oxygen atoms in total. The first kappa shape index (κ1) is 10.1. The summed E-state index contributed by atoms with van der Waals surface area (Å²) in [7, 11) is 0. The fourth-order valence-electron chi connectivity index (χ4n) is 0.599. The number of carbonyl (C=O) groups excluding carboxylic acids is 1. The lowest BCUT2D eigenvalue weighted by atomic mass is 10.5. The Hall–Kier alpha value is -0.0100. The minimum absolute atomic E-state index is 0.0324. The zero-order chi connectivity index (χ0) is 9.30. The SMILES string of the molecule is O=C(Cl)n1oc(CCl)c(I)c1=O. The standard InChI is InChI=1S/C5H2Cl2INO3/c6-1-2-3(8)4(10)9(12-2)5(7)11/h1H2. The van der Waals surface area contributed by atoms with E-state index < -0.39 is 10.9 Å². The summed E-state index contributed by atoms with van der Waals surface area (Å²) >= 11 is 12.2. The molecule has 0 N–H and O–H groups in total. The summed E-state index contributed by atoms with van der Waals surface area (Å²) in [5.74, 6) is 0.279. The molecule has 1 aromatic rings. The molecule has 1 rings (SSSR count). The minimum Gasteiger partial charge on any atom is -0.370 e. The van der Waals surface area contributed by atoms with Gasteiger partial charge in [0.05, 0.1) is 5.88 Å². The Morgan fingerprint density at radius 1 is 1.67 bits per heavy atom. The van der Waals surface area contributed by atoms with Gasteiger partial charge in [-0.25, -0.2) is 0 Å². The van der Waals surface area contributed by atoms with Crippen LogP contribution in [0.1, 0.15) is 5.76 Å². The molecule has 0 aliphatic carbocycles. The predicted molar refractivity (Wildman–Crippen MR) is 51.9 cm³/mol. The highest BCUT2D eigenvalue weighted by molar-refractivity contribution is 14.1. The largest absolute Gasteiger partial charge is 0.370 e. The van der Waals surface area contributed by atoms with Crippen LogP contribution in [0.25, 0.3) is 0 Å². The Kier molecular flexibility index (Phi) is 3.19. The van der Waals surface area contributed by atoms with Crippen molar-refractivity contribution in [3.8, 4) is 0 Å². The molecular weight excluding hydrogens is 320 g/mol. The summed E-state index contributed by atoms with van der Waals surface area (Å²) in [6.07, 6.45) is 0. The number of carbonyl (C=O) groups is 1. The lowest BCUT2D eigenvalue weighted by molar-refractivity contribution is 0.226. The normalized spacial score (nSPS) is 10.2. The van der Waals surface area contributed by atoms with Gasteiger partial charge in [-0.2, -0.15) is 0 Å². The second-order valence-electron chi connectivity index (χ2n) is 1.81. The van der Waals surface area contributed by atoms with Crippen LogP contribution in [0.4, 0.5) is 4.79 Å². The quantitative estimate of drug-likeness (QED) is 0.451. The Bertz CT molecular complexity index is 369. The highest BCUT2D eigenvalue weighted by atomic mass is 127. The second-order valence-corrected chi connectivity index (χ2v) is 3.48. The van der Waals surface area contributed by atoms with E-state index in [0.717, 1.165) is 0 Å². The summed E-state index contributed by atoms with van der Waals surface area (Å²) in [5, 5.41) is -0.978. The Balaban J connectivity index is 3.35. The molecule has 0 atom stereocenters. The first-order valence-electron chi connectivity index (χ1n) is 2.74. The van der Waals surface area contributed by atoms with Crippen molar-refractivity contribution in [1.82, 2.24) is 4.74 Å². The van der Waals surface area contributed by atoms with Crippen LogP contribution < -0.4 is 5.56 Å². The van der Waals surface area contributed by atoms with Gasteiger partial charge in [0.2, 0.25) is 0 Å². The van der Waals surface area contributed by atoms with Crippen LogP contribution >= 0.6 is 45.8 Å². The number of hydrogen-bond acceptors (Lipinski definition) is 3. The van der Waals surface area contributed by atoms with Crippen molar-refractivity contribution in [3.63, 3.8) is 0 Å². The molecule has 66 valence electrons. The number of aromatic nitrogens is 1. The van der Waals surface area contributed by atoms with Gasteiger partial charge < -0.3 is 4.52 Å². The molecule has 0 aromatic carbocycles. The van der Waals surface area contributed by atoms with Crippen molar-refractivity contribution in [2.45, 2.75) is 5.88 Å². The van der Waals surface area contributed by atoms with E-state index >= 15 is 0 Å². The van der Waals surface area contributed by atoms with Crippen LogP contribution in [0.3, 0.4) is 0 Å². The first-order chi connectivity index (χ1) is 5.57. The molecule has 1 heterocycles. The number of halogens is 3. The molecular formula is C5H2Cl2INO3. The van der Waals surface area contributed by atoms with Gasteiger partial charge >= 0.3 is 10.9 Å². The molecule has 12 heavy (non-hydrogen) atoms. The van der Waals surface area contributed by atoms with E-state index in [2.05, 4.69) is 0 Å². The lowest BCUT2D eigenvalue weighted by Gasteiger charge is -1.86. The van der Waals surface area contributed by atoms with E-state index in [9.17, 15) is 9.59 Å². The van der Waals surface area contributed by atoms with Gasteiger partial charge in [-0.3, -0.25) is 9.59 Å². The molecule has 0 aliphatic rings. The maximum atomic E-state index is 11.1. The highest BCUT2D eigenvalue weighted by Crippen LogP contribution is 2.11. The summed E-state index contributed by atoms with van der Waals surface area (Å²) in [4.78, 5) is 21.6. The Labute approximate surface area is 90.5 Å². The number of nitrogens with zero attached hydrogens (tertiary/aromatic N) is 1. The summed E-state index contributed by atoms with van der Waals surface area (Å²) in [6, 6.07) is 0. The van der Waals surface area contributed by atoms with Crippen LogP contribution in [0.15, 0.2) is 9.32 Å². The van der Waals surface area contributed by atoms with Crippen LogP contribution in [-0.4, -0.2) is 10.1 Å². The Morgan fingerprint density at radius 3 is 2.50 bits per heavy atom. The van der Waals surface area contributed by atoms with Gasteiger partial charge in [-0.15, -0.1) is 11.6 Å². The molecule has 0 saturated carbocycles. The fraction of sp³-hybridized carbons (Fsp3) is 0.200. The number of hydrogen-bond donors (Lipinski definition) is 0. The van der Waals surface area contributed by atoms with Gasteiger partial charge in [0.15, 0.2) is 5.76 Å². The molecule has 7 heteroatoms. The van der Waals surface area contributed by atoms with Crippen molar-refractivity contribution in [3.05, 3.63) is 19.7 Å². The van der Waals surface area contributed by atoms with Gasteiger partial charge in [-0.1, -0.05) is 4.74 Å². The number of rotatable bonds is 1. The third-order valence-corrected chi connectivity index (χ3v) is 2.56. The zero-order valence-corrected chi connectivity index (χ0v) is 9.18. The maximum absolute atomic E-state index is 11.1. The summed E-state index contributed by atoms with van der Waals surface area (Å²) in [5.41, 5.74) is -0.578. The molecule has 1 aromatic heterocycles. The van der Waals surface area contributed by atoms with E-state index in [-0.39, 0.29) is 15.2 Å². The van der Waals surface area contributed by atoms with Crippen LogP contribution in [-0.2, 0) is 5.88 Å². The molecule has 0 radical (unpaired) electrons. The molecule has 0 fully saturated rings. The van der Waals surface area contributed by atoms with Crippen molar-refractivity contribution in [1.29, 1.82) is 0 Å². The van der Waals surface area contributed by atoms with E-state index in [1.165, 1.54) is 0 Å². The second kappa shape index (κ2) is 3.80. The molecule has 0 amide bonds. The first-order valence-corrected chi connectivity index (χ1v) is 4.73. The van der Waals surface area contributed by atoms with Crippen molar-refractivity contribution >= 4 is 51.2 Å². The van der Waals surface area contributed by atoms with Gasteiger partial charge in [-0.05, 0) is 34.2 Å². The lowest BCUT2D eigenvalue weighted by Crippen LogP contribution is -2.18. The predicted octanol–water partition coefficient (Wildman–Crippen LogP) is 1.99. The molecule has 0 spiro atoms. The van der Waals surface area contributed by atoms with Crippen molar-refractivity contribution < 1.29 is 9.32 Å². The fourth-order valence-corrected chi connectivity index (χ4v) is 1.63. The minimum atomic E-state index is -0.978.